The van der Waals surface area contributed by atoms with Gasteiger partial charge in [-0.25, -0.2) is 15.7 Å². The lowest BCUT2D eigenvalue weighted by Crippen LogP contribution is -2.36. The number of nitrogens with zero attached hydrogens (tertiary/aromatic N) is 1. The molecule has 0 aromatic carbocycles. The van der Waals surface area contributed by atoms with Gasteiger partial charge in [0.2, 0.25) is 5.88 Å². The summed E-state index contributed by atoms with van der Waals surface area (Å²) in [6.07, 6.45) is 0.780. The van der Waals surface area contributed by atoms with Crippen LogP contribution < -0.4 is 16.0 Å². The van der Waals surface area contributed by atoms with Crippen LogP contribution in [0.25, 0.3) is 0 Å². The highest BCUT2D eigenvalue weighted by atomic mass is 16.6. The van der Waals surface area contributed by atoms with Gasteiger partial charge in [0.05, 0.1) is 0 Å². The van der Waals surface area contributed by atoms with Gasteiger partial charge in [-0.1, -0.05) is 0 Å². The zero-order valence-electron chi connectivity index (χ0n) is 12.3. The number of alkyl carbamates (subject to hydrolysis) is 1. The van der Waals surface area contributed by atoms with Gasteiger partial charge in [-0.15, -0.1) is 0 Å². The Morgan fingerprint density at radius 1 is 1.43 bits per heavy atom. The van der Waals surface area contributed by atoms with E-state index in [0.29, 0.717) is 11.4 Å². The Morgan fingerprint density at radius 3 is 2.76 bits per heavy atom. The maximum absolute atomic E-state index is 11.6. The van der Waals surface area contributed by atoms with Crippen LogP contribution in [-0.2, 0) is 9.57 Å². The predicted octanol–water partition coefficient (Wildman–Crippen LogP) is 1.20. The Balaban J connectivity index is 2.61. The van der Waals surface area contributed by atoms with Gasteiger partial charge in [0.25, 0.3) is 0 Å². The molecule has 0 spiro atoms. The van der Waals surface area contributed by atoms with Crippen LogP contribution in [-0.4, -0.2) is 35.7 Å². The maximum Gasteiger partial charge on any atom is 0.413 e. The number of amides is 1. The average Bonchev–Trinajstić information content (AvgIpc) is 2.37. The van der Waals surface area contributed by atoms with E-state index in [2.05, 4.69) is 15.1 Å². The highest BCUT2D eigenvalue weighted by Crippen LogP contribution is 2.10. The standard InChI is InChI=1S/C13H20N4O4/c1-13(2,3)21-12(18)17-11(14)9-4-5-16-10(8-9)19-6-7-20-15/h4-5,8H,6-7,15H2,1-3H3,(H2,14,17,18). The summed E-state index contributed by atoms with van der Waals surface area (Å²) in [6, 6.07) is 3.10. The van der Waals surface area contributed by atoms with Gasteiger partial charge < -0.3 is 14.3 Å². The van der Waals surface area contributed by atoms with Crippen LogP contribution in [0.2, 0.25) is 0 Å². The summed E-state index contributed by atoms with van der Waals surface area (Å²) >= 11 is 0. The van der Waals surface area contributed by atoms with Crippen LogP contribution in [0.5, 0.6) is 5.88 Å². The molecule has 1 aromatic rings. The molecule has 0 radical (unpaired) electrons. The Labute approximate surface area is 123 Å². The van der Waals surface area contributed by atoms with Crippen molar-refractivity contribution in [2.75, 3.05) is 13.2 Å². The van der Waals surface area contributed by atoms with Gasteiger partial charge >= 0.3 is 6.09 Å². The van der Waals surface area contributed by atoms with Gasteiger partial charge in [-0.2, -0.15) is 0 Å². The van der Waals surface area contributed by atoms with E-state index in [1.54, 1.807) is 26.8 Å². The molecule has 0 saturated heterocycles. The normalized spacial score (nSPS) is 10.9. The fraction of sp³-hybridized carbons (Fsp3) is 0.462. The highest BCUT2D eigenvalue weighted by Gasteiger charge is 2.17. The van der Waals surface area contributed by atoms with E-state index < -0.39 is 11.7 Å². The fourth-order valence-corrected chi connectivity index (χ4v) is 1.32. The molecule has 0 aliphatic heterocycles. The van der Waals surface area contributed by atoms with Crippen molar-refractivity contribution in [3.63, 3.8) is 0 Å². The minimum atomic E-state index is -0.691. The number of nitrogens with two attached hydrogens (primary N) is 1. The van der Waals surface area contributed by atoms with Crippen LogP contribution >= 0.6 is 0 Å². The summed E-state index contributed by atoms with van der Waals surface area (Å²) in [5.41, 5.74) is -0.182. The number of hydrogen-bond acceptors (Lipinski definition) is 7. The zero-order valence-corrected chi connectivity index (χ0v) is 12.3. The van der Waals surface area contributed by atoms with Gasteiger partial charge in [-0.3, -0.25) is 10.7 Å². The second kappa shape index (κ2) is 7.55. The molecule has 0 atom stereocenters. The third-order valence-electron chi connectivity index (χ3n) is 2.10. The van der Waals surface area contributed by atoms with Gasteiger partial charge in [0.15, 0.2) is 0 Å². The van der Waals surface area contributed by atoms with Gasteiger partial charge in [-0.05, 0) is 26.8 Å². The first-order valence-corrected chi connectivity index (χ1v) is 6.31. The van der Waals surface area contributed by atoms with Crippen LogP contribution in [0.4, 0.5) is 4.79 Å². The first-order chi connectivity index (χ1) is 9.81. The zero-order chi connectivity index (χ0) is 15.9. The van der Waals surface area contributed by atoms with Gasteiger partial charge in [0, 0.05) is 17.8 Å². The number of hydrogen-bond donors (Lipinski definition) is 3. The number of pyridine rings is 1. The second-order valence-corrected chi connectivity index (χ2v) is 5.10. The molecule has 0 aliphatic carbocycles. The highest BCUT2D eigenvalue weighted by molar-refractivity contribution is 6.04. The molecule has 8 heteroatoms. The molecule has 8 nitrogen and oxygen atoms in total. The van der Waals surface area contributed by atoms with Crippen LogP contribution in [0.15, 0.2) is 18.3 Å². The molecule has 0 unspecified atom stereocenters. The van der Waals surface area contributed by atoms with Gasteiger partial charge in [0.1, 0.15) is 24.7 Å². The smallest absolute Gasteiger partial charge is 0.413 e. The first kappa shape index (κ1) is 16.9. The summed E-state index contributed by atoms with van der Waals surface area (Å²) in [6.45, 7) is 5.69. The van der Waals surface area contributed by atoms with Crippen molar-refractivity contribution in [2.24, 2.45) is 5.90 Å². The van der Waals surface area contributed by atoms with Crippen LogP contribution in [0.3, 0.4) is 0 Å². The minimum Gasteiger partial charge on any atom is -0.475 e. The molecule has 21 heavy (non-hydrogen) atoms. The molecule has 116 valence electrons. The molecule has 1 aromatic heterocycles. The molecule has 1 heterocycles. The molecule has 1 amide bonds. The lowest BCUT2D eigenvalue weighted by Gasteiger charge is -2.19. The van der Waals surface area contributed by atoms with E-state index >= 15 is 0 Å². The lowest BCUT2D eigenvalue weighted by molar-refractivity contribution is 0.0563. The number of rotatable bonds is 5. The molecule has 0 aliphatic rings. The van der Waals surface area contributed by atoms with E-state index in [9.17, 15) is 4.79 Å². The number of carbonyl (C=O) groups is 1. The summed E-state index contributed by atoms with van der Waals surface area (Å²) in [4.78, 5) is 19.9. The largest absolute Gasteiger partial charge is 0.475 e. The molecule has 4 N–H and O–H groups in total. The van der Waals surface area contributed by atoms with E-state index in [1.165, 1.54) is 12.3 Å². The molecule has 0 bridgehead atoms. The van der Waals surface area contributed by atoms with Crippen molar-refractivity contribution in [3.8, 4) is 5.88 Å². The maximum atomic E-state index is 11.6. The number of carbonyl (C=O) groups excluding carboxylic acids is 1. The second-order valence-electron chi connectivity index (χ2n) is 5.10. The quantitative estimate of drug-likeness (QED) is 0.325. The minimum absolute atomic E-state index is 0.105. The topological polar surface area (TPSA) is 120 Å². The number of aromatic nitrogens is 1. The SMILES string of the molecule is CC(C)(C)OC(=O)NC(=N)c1ccnc(OCCON)c1. The third-order valence-corrected chi connectivity index (χ3v) is 2.10. The third kappa shape index (κ3) is 6.68. The van der Waals surface area contributed by atoms with E-state index in [1.807, 2.05) is 0 Å². The van der Waals surface area contributed by atoms with E-state index in [0.717, 1.165) is 0 Å². The fourth-order valence-electron chi connectivity index (χ4n) is 1.32. The Morgan fingerprint density at radius 2 is 2.14 bits per heavy atom. The Kier molecular flexibility index (Phi) is 6.07. The average molecular weight is 296 g/mol. The number of ether oxygens (including phenoxy) is 2. The Bertz CT molecular complexity index is 499. The van der Waals surface area contributed by atoms with Crippen molar-refractivity contribution in [1.82, 2.24) is 10.3 Å². The summed E-state index contributed by atoms with van der Waals surface area (Å²) in [5.74, 6) is 5.08. The van der Waals surface area contributed by atoms with Crippen molar-refractivity contribution in [2.45, 2.75) is 26.4 Å². The molecule has 1 rings (SSSR count). The van der Waals surface area contributed by atoms with E-state index in [-0.39, 0.29) is 19.0 Å². The molecule has 0 saturated carbocycles. The van der Waals surface area contributed by atoms with Crippen molar-refractivity contribution >= 4 is 11.9 Å². The Hall–Kier alpha value is -2.19. The van der Waals surface area contributed by atoms with Crippen LogP contribution in [0, 0.1) is 5.41 Å². The van der Waals surface area contributed by atoms with Crippen molar-refractivity contribution < 1.29 is 19.1 Å². The van der Waals surface area contributed by atoms with E-state index in [4.69, 9.17) is 20.8 Å². The summed E-state index contributed by atoms with van der Waals surface area (Å²) in [5, 5.41) is 10.2. The number of amidine groups is 1. The predicted molar refractivity (Wildman–Crippen MR) is 76.1 cm³/mol. The molecular formula is C13H20N4O4. The first-order valence-electron chi connectivity index (χ1n) is 6.31. The van der Waals surface area contributed by atoms with Crippen molar-refractivity contribution in [3.05, 3.63) is 23.9 Å². The van der Waals surface area contributed by atoms with Crippen LogP contribution in [0.1, 0.15) is 26.3 Å². The summed E-state index contributed by atoms with van der Waals surface area (Å²) in [7, 11) is 0. The lowest BCUT2D eigenvalue weighted by atomic mass is 10.2. The monoisotopic (exact) mass is 296 g/mol. The molecular weight excluding hydrogens is 276 g/mol. The summed E-state index contributed by atoms with van der Waals surface area (Å²) < 4.78 is 10.3. The van der Waals surface area contributed by atoms with Crippen molar-refractivity contribution in [1.29, 1.82) is 5.41 Å². The number of nitrogens with one attached hydrogen (secondary N) is 2. The molecule has 0 fully saturated rings.